The van der Waals surface area contributed by atoms with Gasteiger partial charge in [0.15, 0.2) is 17.0 Å². The minimum absolute atomic E-state index is 0.0121. The third-order valence-corrected chi connectivity index (χ3v) is 3.79. The molecule has 2 N–H and O–H groups in total. The van der Waals surface area contributed by atoms with Gasteiger partial charge in [0.1, 0.15) is 12.6 Å². The predicted molar refractivity (Wildman–Crippen MR) is 83.5 cm³/mol. The van der Waals surface area contributed by atoms with Gasteiger partial charge in [0, 0.05) is 13.2 Å². The first-order valence-corrected chi connectivity index (χ1v) is 7.59. The van der Waals surface area contributed by atoms with E-state index in [0.29, 0.717) is 12.4 Å². The van der Waals surface area contributed by atoms with Crippen LogP contribution in [0.4, 0.5) is 5.82 Å². The number of ether oxygens (including phenoxy) is 1. The molecule has 1 unspecified atom stereocenters. The van der Waals surface area contributed by atoms with Crippen molar-refractivity contribution >= 4 is 17.0 Å². The molecule has 22 heavy (non-hydrogen) atoms. The van der Waals surface area contributed by atoms with Crippen LogP contribution >= 0.6 is 0 Å². The molecule has 2 aromatic rings. The zero-order valence-electron chi connectivity index (χ0n) is 12.7. The Morgan fingerprint density at radius 2 is 2.36 bits per heavy atom. The topological polar surface area (TPSA) is 85.1 Å². The number of fused-ring (bicyclic) bond motifs is 1. The van der Waals surface area contributed by atoms with Crippen LogP contribution in [0.3, 0.4) is 0 Å². The second-order valence-corrected chi connectivity index (χ2v) is 5.46. The summed E-state index contributed by atoms with van der Waals surface area (Å²) in [5.74, 6) is 0.696. The lowest BCUT2D eigenvalue weighted by molar-refractivity contribution is -0.0298. The molecular formula is C15H21N5O2. The van der Waals surface area contributed by atoms with Gasteiger partial charge in [-0.2, -0.15) is 0 Å². The third-order valence-electron chi connectivity index (χ3n) is 3.79. The Hall–Kier alpha value is -1.99. The van der Waals surface area contributed by atoms with Gasteiger partial charge >= 0.3 is 0 Å². The Balaban J connectivity index is 1.82. The highest BCUT2D eigenvalue weighted by molar-refractivity contribution is 5.82. The number of nitrogens with zero attached hydrogens (tertiary/aromatic N) is 4. The molecule has 0 bridgehead atoms. The van der Waals surface area contributed by atoms with Crippen molar-refractivity contribution in [1.82, 2.24) is 19.5 Å². The van der Waals surface area contributed by atoms with E-state index in [1.807, 2.05) is 17.6 Å². The first-order valence-electron chi connectivity index (χ1n) is 7.59. The van der Waals surface area contributed by atoms with Gasteiger partial charge < -0.3 is 15.2 Å². The molecule has 1 saturated heterocycles. The van der Waals surface area contributed by atoms with E-state index in [-0.39, 0.29) is 12.8 Å². The summed E-state index contributed by atoms with van der Waals surface area (Å²) in [6, 6.07) is 0. The van der Waals surface area contributed by atoms with E-state index in [4.69, 9.17) is 9.84 Å². The van der Waals surface area contributed by atoms with E-state index >= 15 is 0 Å². The van der Waals surface area contributed by atoms with Crippen LogP contribution in [0.5, 0.6) is 0 Å². The number of imidazole rings is 1. The molecule has 0 saturated carbocycles. The summed E-state index contributed by atoms with van der Waals surface area (Å²) >= 11 is 0. The molecular weight excluding hydrogens is 282 g/mol. The number of hydrogen-bond donors (Lipinski definition) is 2. The Morgan fingerprint density at radius 1 is 1.45 bits per heavy atom. The zero-order valence-corrected chi connectivity index (χ0v) is 12.7. The fraction of sp³-hybridized carbons (Fsp3) is 0.533. The number of aliphatic hydroxyl groups is 1. The monoisotopic (exact) mass is 303 g/mol. The molecule has 7 nitrogen and oxygen atoms in total. The summed E-state index contributed by atoms with van der Waals surface area (Å²) in [4.78, 5) is 13.0. The van der Waals surface area contributed by atoms with Crippen LogP contribution < -0.4 is 5.32 Å². The lowest BCUT2D eigenvalue weighted by Crippen LogP contribution is -2.17. The van der Waals surface area contributed by atoms with Gasteiger partial charge in [-0.3, -0.25) is 4.57 Å². The summed E-state index contributed by atoms with van der Waals surface area (Å²) in [7, 11) is 0. The summed E-state index contributed by atoms with van der Waals surface area (Å²) in [5, 5.41) is 12.2. The molecule has 1 aliphatic rings. The van der Waals surface area contributed by atoms with Gasteiger partial charge in [0.2, 0.25) is 0 Å². The van der Waals surface area contributed by atoms with Gasteiger partial charge in [-0.1, -0.05) is 11.6 Å². The van der Waals surface area contributed by atoms with Crippen LogP contribution in [0.15, 0.2) is 24.3 Å². The molecule has 0 radical (unpaired) electrons. The normalized spacial score (nSPS) is 19.5. The zero-order chi connectivity index (χ0) is 15.4. The Morgan fingerprint density at radius 3 is 3.14 bits per heavy atom. The molecule has 2 aromatic heterocycles. The molecule has 0 spiro atoms. The average molecular weight is 303 g/mol. The van der Waals surface area contributed by atoms with E-state index in [2.05, 4.69) is 20.3 Å². The first-order chi connectivity index (χ1) is 10.8. The van der Waals surface area contributed by atoms with E-state index in [9.17, 15) is 0 Å². The molecule has 3 heterocycles. The number of nitrogens with one attached hydrogen (secondary N) is 1. The van der Waals surface area contributed by atoms with Crippen LogP contribution in [0.2, 0.25) is 0 Å². The highest BCUT2D eigenvalue weighted by Gasteiger charge is 2.19. The van der Waals surface area contributed by atoms with Crippen molar-refractivity contribution < 1.29 is 9.84 Å². The number of aromatic nitrogens is 4. The molecule has 1 aliphatic heterocycles. The highest BCUT2D eigenvalue weighted by atomic mass is 16.5. The predicted octanol–water partition coefficient (Wildman–Crippen LogP) is 1.88. The van der Waals surface area contributed by atoms with Crippen molar-refractivity contribution in [2.45, 2.75) is 32.4 Å². The van der Waals surface area contributed by atoms with Gasteiger partial charge in [-0.05, 0) is 26.2 Å². The highest BCUT2D eigenvalue weighted by Crippen LogP contribution is 2.27. The lowest BCUT2D eigenvalue weighted by Gasteiger charge is -2.23. The van der Waals surface area contributed by atoms with Crippen LogP contribution in [0.25, 0.3) is 11.2 Å². The van der Waals surface area contributed by atoms with Crippen molar-refractivity contribution in [3.63, 3.8) is 0 Å². The van der Waals surface area contributed by atoms with Crippen molar-refractivity contribution in [3.05, 3.63) is 24.3 Å². The molecule has 0 amide bonds. The summed E-state index contributed by atoms with van der Waals surface area (Å²) in [6.07, 6.45) is 8.50. The molecule has 7 heteroatoms. The summed E-state index contributed by atoms with van der Waals surface area (Å²) in [5.41, 5.74) is 2.44. The molecule has 0 aromatic carbocycles. The number of anilines is 1. The minimum Gasteiger partial charge on any atom is -0.392 e. The van der Waals surface area contributed by atoms with Gasteiger partial charge in [-0.25, -0.2) is 15.0 Å². The van der Waals surface area contributed by atoms with E-state index in [0.717, 1.165) is 42.6 Å². The number of aliphatic hydroxyl groups excluding tert-OH is 1. The number of hydrogen-bond acceptors (Lipinski definition) is 6. The SMILES string of the molecule is C/C(=C/CNc1ncnc2c1ncn2C1CCCCO1)CO. The molecule has 0 aliphatic carbocycles. The van der Waals surface area contributed by atoms with E-state index < -0.39 is 0 Å². The third kappa shape index (κ3) is 3.10. The van der Waals surface area contributed by atoms with Gasteiger partial charge in [0.05, 0.1) is 12.9 Å². The van der Waals surface area contributed by atoms with Crippen LogP contribution in [-0.2, 0) is 4.74 Å². The van der Waals surface area contributed by atoms with Crippen LogP contribution in [0.1, 0.15) is 32.4 Å². The smallest absolute Gasteiger partial charge is 0.167 e. The largest absolute Gasteiger partial charge is 0.392 e. The second kappa shape index (κ2) is 6.85. The maximum atomic E-state index is 9.00. The summed E-state index contributed by atoms with van der Waals surface area (Å²) in [6.45, 7) is 3.32. The molecule has 3 rings (SSSR count). The van der Waals surface area contributed by atoms with Crippen LogP contribution in [0, 0.1) is 0 Å². The number of rotatable bonds is 5. The van der Waals surface area contributed by atoms with E-state index in [1.165, 1.54) is 6.33 Å². The minimum atomic E-state index is 0.0121. The standard InChI is InChI=1S/C15H21N5O2/c1-11(8-21)5-6-16-14-13-15(18-9-17-14)20(10-19-13)12-4-2-3-7-22-12/h5,9-10,12,21H,2-4,6-8H2,1H3,(H,16,17,18)/b11-5-. The second-order valence-electron chi connectivity index (χ2n) is 5.46. The van der Waals surface area contributed by atoms with Crippen molar-refractivity contribution in [1.29, 1.82) is 0 Å². The Labute approximate surface area is 129 Å². The Kier molecular flexibility index (Phi) is 4.65. The molecule has 1 atom stereocenters. The van der Waals surface area contributed by atoms with Crippen molar-refractivity contribution in [2.75, 3.05) is 25.1 Å². The maximum Gasteiger partial charge on any atom is 0.167 e. The molecule has 1 fully saturated rings. The maximum absolute atomic E-state index is 9.00. The fourth-order valence-corrected chi connectivity index (χ4v) is 2.52. The average Bonchev–Trinajstić information content (AvgIpc) is 3.00. The molecule has 118 valence electrons. The van der Waals surface area contributed by atoms with Gasteiger partial charge in [0.25, 0.3) is 0 Å². The Bertz CT molecular complexity index is 661. The van der Waals surface area contributed by atoms with Crippen molar-refractivity contribution in [3.8, 4) is 0 Å². The van der Waals surface area contributed by atoms with Gasteiger partial charge in [-0.15, -0.1) is 0 Å². The fourth-order valence-electron chi connectivity index (χ4n) is 2.52. The van der Waals surface area contributed by atoms with Crippen molar-refractivity contribution in [2.24, 2.45) is 0 Å². The van der Waals surface area contributed by atoms with Crippen LogP contribution in [-0.4, -0.2) is 44.4 Å². The first kappa shape index (κ1) is 14.9. The quantitative estimate of drug-likeness (QED) is 0.820. The lowest BCUT2D eigenvalue weighted by atomic mass is 10.2. The summed E-state index contributed by atoms with van der Waals surface area (Å²) < 4.78 is 7.78. The van der Waals surface area contributed by atoms with E-state index in [1.54, 1.807) is 6.33 Å².